The minimum absolute atomic E-state index is 0. The van der Waals surface area contributed by atoms with Gasteiger partial charge in [-0.3, -0.25) is 28.2 Å². The molecule has 0 aromatic heterocycles. The summed E-state index contributed by atoms with van der Waals surface area (Å²) in [4.78, 5) is 0. The Bertz CT molecular complexity index is 8.49. The molecule has 0 amide bonds. The predicted molar refractivity (Wildman–Crippen MR) is 33.3 cm³/mol. The number of hydrogen-bond acceptors (Lipinski definition) is 0. The Labute approximate surface area is 57.8 Å². The van der Waals surface area contributed by atoms with Gasteiger partial charge in [0.25, 0.3) is 0 Å². The Kier molecular flexibility index (Phi) is 152000. The van der Waals surface area contributed by atoms with Gasteiger partial charge in [0.2, 0.25) is 0 Å². The molecule has 0 radical (unpaired) electrons. The third kappa shape index (κ3) is 563. The van der Waals surface area contributed by atoms with Crippen molar-refractivity contribution in [2.24, 2.45) is 0 Å². The van der Waals surface area contributed by atoms with Crippen LogP contribution in [0.4, 0.5) is 28.2 Å². The average Bonchev–Trinajstić information content (AvgIpc) is 0. The Morgan fingerprint density at radius 1 is 0.375 bits per heavy atom. The van der Waals surface area contributed by atoms with Crippen LogP contribution in [0.3, 0.4) is 0 Å². The first-order chi connectivity index (χ1) is 0. The van der Waals surface area contributed by atoms with Crippen LogP contribution < -0.4 is 0 Å². The molecule has 8 heteroatoms. The maximum atomic E-state index is 0. The van der Waals surface area contributed by atoms with Crippen molar-refractivity contribution in [2.45, 2.75) is 0 Å². The monoisotopic (exact) mass is 162 g/mol. The second-order valence-electron chi connectivity index (χ2n) is 0. The van der Waals surface area contributed by atoms with Crippen molar-refractivity contribution in [3.05, 3.63) is 0 Å². The molecule has 0 saturated heterocycles. The number of halogens is 6. The van der Waals surface area contributed by atoms with Crippen molar-refractivity contribution in [2.75, 3.05) is 0 Å². The molecule has 0 aromatic rings. The van der Waals surface area contributed by atoms with Crippen LogP contribution in [0.15, 0.2) is 0 Å². The number of rotatable bonds is 0. The van der Waals surface area contributed by atoms with E-state index in [0.29, 0.717) is 0 Å². The first-order valence-electron chi connectivity index (χ1n) is 0. The van der Waals surface area contributed by atoms with Crippen molar-refractivity contribution in [1.82, 2.24) is 0 Å². The van der Waals surface area contributed by atoms with Gasteiger partial charge in [0.15, 0.2) is 0 Å². The van der Waals surface area contributed by atoms with E-state index in [-0.39, 0.29) is 57.0 Å². The van der Waals surface area contributed by atoms with E-state index in [1.165, 1.54) is 0 Å². The van der Waals surface area contributed by atoms with Gasteiger partial charge in [0.1, 0.15) is 0 Å². The first kappa shape index (κ1) is 1350. The topological polar surface area (TPSA) is 0 Å². The van der Waals surface area contributed by atoms with Crippen molar-refractivity contribution >= 4 is 28.8 Å². The second-order valence-corrected chi connectivity index (χ2v) is 0. The predicted octanol–water partition coefficient (Wildman–Crippen LogP) is 0.325. The van der Waals surface area contributed by atoms with Gasteiger partial charge in [0, 0.05) is 0 Å². The standard InChI is InChI=1S/6FH.Li.H3P.H/h6*1H;;1H3;. The van der Waals surface area contributed by atoms with E-state index in [1.54, 1.807) is 0 Å². The molecule has 1 unspecified atom stereocenters. The van der Waals surface area contributed by atoms with E-state index in [1.807, 2.05) is 0 Å². The molecule has 58 valence electrons. The van der Waals surface area contributed by atoms with Gasteiger partial charge >= 0.3 is 18.9 Å². The van der Waals surface area contributed by atoms with Crippen LogP contribution in [0.25, 0.3) is 0 Å². The van der Waals surface area contributed by atoms with E-state index in [0.717, 1.165) is 0 Å². The summed E-state index contributed by atoms with van der Waals surface area (Å²) < 4.78 is 0. The van der Waals surface area contributed by atoms with Crippen LogP contribution >= 0.6 is 9.90 Å². The van der Waals surface area contributed by atoms with E-state index in [9.17, 15) is 0 Å². The summed E-state index contributed by atoms with van der Waals surface area (Å²) in [6, 6.07) is 0. The Hall–Kier alpha value is 0.607. The average molecular weight is 162 g/mol. The van der Waals surface area contributed by atoms with Crippen molar-refractivity contribution in [3.8, 4) is 0 Å². The summed E-state index contributed by atoms with van der Waals surface area (Å²) in [5, 5.41) is 0. The third-order valence-corrected chi connectivity index (χ3v) is 0. The zero-order valence-electron chi connectivity index (χ0n) is 3.16. The Balaban J connectivity index is 0. The third-order valence-electron chi connectivity index (χ3n) is 0. The molecule has 0 fully saturated rings. The molecule has 0 aliphatic rings. The van der Waals surface area contributed by atoms with E-state index in [2.05, 4.69) is 0 Å². The fourth-order valence-corrected chi connectivity index (χ4v) is 0. The summed E-state index contributed by atoms with van der Waals surface area (Å²) in [6.45, 7) is 0. The van der Waals surface area contributed by atoms with Gasteiger partial charge in [-0.1, -0.05) is 0 Å². The zero-order chi connectivity index (χ0) is 0. The molecule has 0 saturated carbocycles. The fourth-order valence-electron chi connectivity index (χ4n) is 0. The second kappa shape index (κ2) is 900. The molecule has 0 N–H and O–H groups in total. The van der Waals surface area contributed by atoms with Crippen LogP contribution in [-0.2, 0) is 0 Å². The molecule has 0 aliphatic heterocycles. The van der Waals surface area contributed by atoms with Gasteiger partial charge < -0.3 is 0 Å². The van der Waals surface area contributed by atoms with Crippen molar-refractivity contribution < 1.29 is 28.2 Å². The molecule has 0 bridgehead atoms. The van der Waals surface area contributed by atoms with E-state index < -0.39 is 0 Å². The summed E-state index contributed by atoms with van der Waals surface area (Å²) in [6.07, 6.45) is 0. The Morgan fingerprint density at radius 3 is 0.375 bits per heavy atom. The van der Waals surface area contributed by atoms with Crippen LogP contribution in [0.5, 0.6) is 0 Å². The van der Waals surface area contributed by atoms with Gasteiger partial charge in [0.05, 0.1) is 0 Å². The molecule has 8 heavy (non-hydrogen) atoms. The molecule has 0 rings (SSSR count). The summed E-state index contributed by atoms with van der Waals surface area (Å²) >= 11 is 0. The normalized spacial score (nSPS) is 0. The first-order valence-corrected chi connectivity index (χ1v) is 0. The molecule has 0 aliphatic carbocycles. The van der Waals surface area contributed by atoms with Crippen LogP contribution in [0.1, 0.15) is 0 Å². The van der Waals surface area contributed by atoms with Gasteiger partial charge in [-0.25, -0.2) is 0 Å². The summed E-state index contributed by atoms with van der Waals surface area (Å²) in [5.74, 6) is 0. The fraction of sp³-hybridized carbons (Fsp3) is 0. The molecule has 1 atom stereocenters. The van der Waals surface area contributed by atoms with Gasteiger partial charge in [-0.2, -0.15) is 9.90 Å². The SMILES string of the molecule is F.F.F.F.F.F.P.[LiH]. The van der Waals surface area contributed by atoms with Crippen molar-refractivity contribution in [1.29, 1.82) is 0 Å². The van der Waals surface area contributed by atoms with Crippen LogP contribution in [0.2, 0.25) is 0 Å². The molecule has 0 heterocycles. The molecular formula is H10F6LiP. The van der Waals surface area contributed by atoms with Crippen molar-refractivity contribution in [3.63, 3.8) is 0 Å². The maximum absolute atomic E-state index is 0. The van der Waals surface area contributed by atoms with Crippen LogP contribution in [0, 0.1) is 0 Å². The van der Waals surface area contributed by atoms with E-state index in [4.69, 9.17) is 0 Å². The minimum atomic E-state index is 0. The summed E-state index contributed by atoms with van der Waals surface area (Å²) in [5.41, 5.74) is 0. The Morgan fingerprint density at radius 2 is 0.375 bits per heavy atom. The molecule has 0 nitrogen and oxygen atoms in total. The zero-order valence-corrected chi connectivity index (χ0v) is 4.57. The summed E-state index contributed by atoms with van der Waals surface area (Å²) in [7, 11) is 0. The molecule has 0 aromatic carbocycles. The number of hydrogen-bond donors (Lipinski definition) is 0. The van der Waals surface area contributed by atoms with Crippen LogP contribution in [-0.4, -0.2) is 18.9 Å². The van der Waals surface area contributed by atoms with Gasteiger partial charge in [-0.15, -0.1) is 0 Å². The van der Waals surface area contributed by atoms with E-state index >= 15 is 0 Å². The molecule has 0 spiro atoms. The quantitative estimate of drug-likeness (QED) is 0.273. The molecular weight excluding hydrogens is 152 g/mol. The van der Waals surface area contributed by atoms with Gasteiger partial charge in [-0.05, 0) is 0 Å².